The number of carbonyl (C=O) groups is 2. The molecule has 1 unspecified atom stereocenters. The van der Waals surface area contributed by atoms with Crippen molar-refractivity contribution in [3.8, 4) is 34.2 Å². The fourth-order valence-corrected chi connectivity index (χ4v) is 4.45. The van der Waals surface area contributed by atoms with E-state index < -0.39 is 6.04 Å². The van der Waals surface area contributed by atoms with Crippen LogP contribution in [0.5, 0.6) is 17.2 Å². The number of methoxy groups -OCH3 is 3. The van der Waals surface area contributed by atoms with Gasteiger partial charge in [-0.15, -0.1) is 23.7 Å². The number of ketones is 1. The van der Waals surface area contributed by atoms with Crippen molar-refractivity contribution >= 4 is 40.6 Å². The second-order valence-corrected chi connectivity index (χ2v) is 9.47. The number of nitrogens with two attached hydrogens (primary N) is 1. The van der Waals surface area contributed by atoms with Crippen LogP contribution in [0.25, 0.3) is 16.9 Å². The van der Waals surface area contributed by atoms with Gasteiger partial charge in [0.15, 0.2) is 22.4 Å². The van der Waals surface area contributed by atoms with Crippen molar-refractivity contribution < 1.29 is 23.8 Å². The zero-order valence-electron chi connectivity index (χ0n) is 22.0. The number of benzene rings is 2. The minimum atomic E-state index is -0.637. The van der Waals surface area contributed by atoms with Gasteiger partial charge in [0.1, 0.15) is 12.7 Å². The highest BCUT2D eigenvalue weighted by molar-refractivity contribution is 7.14. The molecule has 2 heterocycles. The molecule has 0 spiro atoms. The summed E-state index contributed by atoms with van der Waals surface area (Å²) in [5.74, 6) is 0.534. The first kappa shape index (κ1) is 29.6. The number of anilines is 1. The summed E-state index contributed by atoms with van der Waals surface area (Å²) in [5.41, 5.74) is 8.50. The lowest BCUT2D eigenvalue weighted by molar-refractivity contribution is -0.118. The van der Waals surface area contributed by atoms with Gasteiger partial charge < -0.3 is 25.3 Å². The molecular weight excluding hydrogens is 544 g/mol. The Morgan fingerprint density at radius 2 is 1.74 bits per heavy atom. The molecule has 13 heteroatoms. The minimum absolute atomic E-state index is 0. The van der Waals surface area contributed by atoms with E-state index in [1.54, 1.807) is 30.3 Å². The maximum Gasteiger partial charge on any atom is 0.243 e. The van der Waals surface area contributed by atoms with E-state index in [4.69, 9.17) is 19.9 Å². The number of thiazole rings is 1. The van der Waals surface area contributed by atoms with Crippen molar-refractivity contribution in [2.24, 2.45) is 11.7 Å². The number of nitrogens with zero attached hydrogens (tertiary/aromatic N) is 4. The zero-order valence-corrected chi connectivity index (χ0v) is 23.6. The van der Waals surface area contributed by atoms with Crippen molar-refractivity contribution in [2.75, 3.05) is 26.6 Å². The van der Waals surface area contributed by atoms with Crippen molar-refractivity contribution in [2.45, 2.75) is 19.9 Å². The molecule has 2 aromatic heterocycles. The van der Waals surface area contributed by atoms with Crippen LogP contribution in [0.2, 0.25) is 0 Å². The van der Waals surface area contributed by atoms with Crippen molar-refractivity contribution in [3.63, 3.8) is 0 Å². The Kier molecular flexibility index (Phi) is 9.62. The second-order valence-electron chi connectivity index (χ2n) is 8.61. The van der Waals surface area contributed by atoms with Gasteiger partial charge in [-0.1, -0.05) is 19.9 Å². The molecule has 1 atom stereocenters. The molecule has 3 N–H and O–H groups in total. The smallest absolute Gasteiger partial charge is 0.243 e. The first-order valence-corrected chi connectivity index (χ1v) is 12.5. The van der Waals surface area contributed by atoms with E-state index >= 15 is 0 Å². The molecule has 0 bridgehead atoms. The molecule has 4 aromatic rings. The molecule has 0 aliphatic carbocycles. The van der Waals surface area contributed by atoms with Crippen molar-refractivity contribution in [1.29, 1.82) is 0 Å². The lowest BCUT2D eigenvalue weighted by Crippen LogP contribution is -2.39. The van der Waals surface area contributed by atoms with Gasteiger partial charge in [0.05, 0.1) is 38.8 Å². The predicted molar refractivity (Wildman–Crippen MR) is 151 cm³/mol. The molecular formula is C26H29ClN6O5S. The fourth-order valence-electron chi connectivity index (χ4n) is 3.73. The third-order valence-corrected chi connectivity index (χ3v) is 6.64. The number of carbonyl (C=O) groups excluding carboxylic acids is 2. The van der Waals surface area contributed by atoms with Crippen LogP contribution in [-0.2, 0) is 4.79 Å². The summed E-state index contributed by atoms with van der Waals surface area (Å²) in [4.78, 5) is 34.6. The largest absolute Gasteiger partial charge is 0.493 e. The van der Waals surface area contributed by atoms with Crippen LogP contribution in [0.15, 0.2) is 48.4 Å². The van der Waals surface area contributed by atoms with E-state index in [1.165, 1.54) is 50.0 Å². The average molecular weight is 573 g/mol. The van der Waals surface area contributed by atoms with Gasteiger partial charge in [-0.3, -0.25) is 9.59 Å². The zero-order chi connectivity index (χ0) is 27.4. The maximum absolute atomic E-state index is 13.7. The molecule has 0 aliphatic rings. The van der Waals surface area contributed by atoms with E-state index in [9.17, 15) is 9.59 Å². The Balaban J connectivity index is 0.00000420. The molecule has 0 radical (unpaired) electrons. The summed E-state index contributed by atoms with van der Waals surface area (Å²) >= 11 is 1.28. The summed E-state index contributed by atoms with van der Waals surface area (Å²) in [5, 5.41) is 9.24. The third kappa shape index (κ3) is 6.19. The molecule has 2 aromatic carbocycles. The molecule has 0 fully saturated rings. The molecule has 0 aliphatic heterocycles. The highest BCUT2D eigenvalue weighted by atomic mass is 35.5. The quantitative estimate of drug-likeness (QED) is 0.269. The highest BCUT2D eigenvalue weighted by Gasteiger charge is 2.22. The maximum atomic E-state index is 13.7. The Morgan fingerprint density at radius 1 is 1.05 bits per heavy atom. The van der Waals surface area contributed by atoms with Crippen LogP contribution in [0, 0.1) is 5.92 Å². The van der Waals surface area contributed by atoms with Gasteiger partial charge in [0.25, 0.3) is 0 Å². The normalized spacial score (nSPS) is 11.5. The Bertz CT molecular complexity index is 1430. The van der Waals surface area contributed by atoms with Gasteiger partial charge >= 0.3 is 0 Å². The van der Waals surface area contributed by atoms with E-state index in [-0.39, 0.29) is 30.0 Å². The monoisotopic (exact) mass is 572 g/mol. The predicted octanol–water partition coefficient (Wildman–Crippen LogP) is 3.99. The van der Waals surface area contributed by atoms with Gasteiger partial charge in [-0.2, -0.15) is 5.10 Å². The second kappa shape index (κ2) is 12.7. The number of rotatable bonds is 10. The summed E-state index contributed by atoms with van der Waals surface area (Å²) < 4.78 is 17.7. The first-order chi connectivity index (χ1) is 18.3. The Morgan fingerprint density at radius 3 is 2.31 bits per heavy atom. The van der Waals surface area contributed by atoms with Crippen molar-refractivity contribution in [1.82, 2.24) is 19.7 Å². The van der Waals surface area contributed by atoms with Crippen LogP contribution in [-0.4, -0.2) is 58.8 Å². The Hall–Kier alpha value is -4.00. The average Bonchev–Trinajstić information content (AvgIpc) is 3.63. The molecule has 11 nitrogen and oxygen atoms in total. The number of hydrogen-bond acceptors (Lipinski definition) is 10. The van der Waals surface area contributed by atoms with E-state index in [0.717, 1.165) is 5.56 Å². The standard InChI is InChI=1S/C26H28N6O5S.ClH/c1-14(2)22(27)25(34)31-26-30-18(11-38-26)15-6-7-17(19(8-15)32-13-28-12-29-32)23(33)16-9-20(35-3)24(37-5)21(10-16)36-4;/h6-14,22H,27H2,1-5H3,(H,30,31,34);1H. The molecule has 0 saturated heterocycles. The summed E-state index contributed by atoms with van der Waals surface area (Å²) in [6.45, 7) is 3.76. The lowest BCUT2D eigenvalue weighted by Gasteiger charge is -2.15. The number of nitrogens with one attached hydrogen (secondary N) is 1. The molecule has 4 rings (SSSR count). The number of halogens is 1. The number of ether oxygens (including phenoxy) is 3. The fraction of sp³-hybridized carbons (Fsp3) is 0.269. The van der Waals surface area contributed by atoms with Crippen molar-refractivity contribution in [3.05, 3.63) is 59.5 Å². The van der Waals surface area contributed by atoms with Gasteiger partial charge in [-0.25, -0.2) is 14.6 Å². The summed E-state index contributed by atoms with van der Waals surface area (Å²) in [6.07, 6.45) is 2.89. The number of amides is 1. The highest BCUT2D eigenvalue weighted by Crippen LogP contribution is 2.39. The van der Waals surface area contributed by atoms with Crippen LogP contribution in [0.1, 0.15) is 29.8 Å². The van der Waals surface area contributed by atoms with Gasteiger partial charge in [0.2, 0.25) is 11.7 Å². The first-order valence-electron chi connectivity index (χ1n) is 11.6. The molecule has 0 saturated carbocycles. The van der Waals surface area contributed by atoms with Crippen LogP contribution < -0.4 is 25.3 Å². The molecule has 206 valence electrons. The summed E-state index contributed by atoms with van der Waals surface area (Å²) in [6, 6.07) is 7.83. The van der Waals surface area contributed by atoms with Gasteiger partial charge in [-0.05, 0) is 30.2 Å². The molecule has 39 heavy (non-hydrogen) atoms. The number of aromatic nitrogens is 4. The van der Waals surface area contributed by atoms with Crippen LogP contribution >= 0.6 is 23.7 Å². The third-order valence-electron chi connectivity index (χ3n) is 5.89. The van der Waals surface area contributed by atoms with E-state index in [1.807, 2.05) is 19.2 Å². The SMILES string of the molecule is COc1cc(C(=O)c2ccc(-c3csc(NC(=O)C(N)C(C)C)n3)cc2-n2cncn2)cc(OC)c1OC.Cl. The topological polar surface area (TPSA) is 143 Å². The molecule has 1 amide bonds. The van der Waals surface area contributed by atoms with Crippen LogP contribution in [0.3, 0.4) is 0 Å². The van der Waals surface area contributed by atoms with E-state index in [0.29, 0.717) is 44.9 Å². The van der Waals surface area contributed by atoms with Crippen LogP contribution in [0.4, 0.5) is 5.13 Å². The van der Waals surface area contributed by atoms with E-state index in [2.05, 4.69) is 20.4 Å². The number of hydrogen-bond donors (Lipinski definition) is 2. The lowest BCUT2D eigenvalue weighted by atomic mass is 9.98. The summed E-state index contributed by atoms with van der Waals surface area (Å²) in [7, 11) is 4.47. The Labute approximate surface area is 235 Å². The van der Waals surface area contributed by atoms with Gasteiger partial charge in [0, 0.05) is 22.1 Å². The minimum Gasteiger partial charge on any atom is -0.493 e.